The first kappa shape index (κ1) is 22.1. The van der Waals surface area contributed by atoms with Gasteiger partial charge in [0, 0.05) is 24.7 Å². The number of hydrogen-bond donors (Lipinski definition) is 1. The molecule has 1 aliphatic rings. The van der Waals surface area contributed by atoms with Crippen molar-refractivity contribution in [2.75, 3.05) is 39.9 Å². The highest BCUT2D eigenvalue weighted by Crippen LogP contribution is 2.22. The maximum atomic E-state index is 12.9. The number of nitrogens with one attached hydrogen (secondary N) is 1. The molecule has 0 spiro atoms. The minimum absolute atomic E-state index is 0.113. The van der Waals surface area contributed by atoms with Gasteiger partial charge in [0.05, 0.1) is 19.2 Å². The molecule has 0 atom stereocenters. The van der Waals surface area contributed by atoms with Crippen molar-refractivity contribution in [2.24, 2.45) is 5.92 Å². The van der Waals surface area contributed by atoms with E-state index in [1.54, 1.807) is 30.0 Å². The number of likely N-dealkylation sites (tertiary alicyclic amines) is 1. The molecule has 1 N–H and O–H groups in total. The van der Waals surface area contributed by atoms with Gasteiger partial charge in [0.25, 0.3) is 0 Å². The number of piperidine rings is 1. The number of aromatic nitrogens is 1. The summed E-state index contributed by atoms with van der Waals surface area (Å²) >= 11 is 0. The van der Waals surface area contributed by atoms with Gasteiger partial charge in [-0.2, -0.15) is 0 Å². The standard InChI is InChI=1S/C25H30FN3O3/c1-31-23-6-7-24-20(18-23)10-15-29(24)25(30)27-12-16-28-13-8-19(9-14-28)11-17-32-22-4-2-21(26)3-5-22/h2-7,10,15,18-19H,8-9,11-14,16-17H2,1H3,(H,27,30). The van der Waals surface area contributed by atoms with Gasteiger partial charge >= 0.3 is 6.03 Å². The maximum Gasteiger partial charge on any atom is 0.326 e. The van der Waals surface area contributed by atoms with E-state index >= 15 is 0 Å². The van der Waals surface area contributed by atoms with Crippen LogP contribution in [0.25, 0.3) is 10.9 Å². The minimum Gasteiger partial charge on any atom is -0.497 e. The summed E-state index contributed by atoms with van der Waals surface area (Å²) in [5, 5.41) is 4.00. The normalized spacial score (nSPS) is 15.1. The molecule has 32 heavy (non-hydrogen) atoms. The second-order valence-corrected chi connectivity index (χ2v) is 8.22. The maximum absolute atomic E-state index is 12.9. The van der Waals surface area contributed by atoms with Crippen LogP contribution in [0.1, 0.15) is 19.3 Å². The lowest BCUT2D eigenvalue weighted by Gasteiger charge is -2.31. The second kappa shape index (κ2) is 10.5. The summed E-state index contributed by atoms with van der Waals surface area (Å²) in [6.07, 6.45) is 5.06. The van der Waals surface area contributed by atoms with Crippen molar-refractivity contribution in [3.63, 3.8) is 0 Å². The third-order valence-electron chi connectivity index (χ3n) is 6.14. The van der Waals surface area contributed by atoms with Crippen molar-refractivity contribution < 1.29 is 18.7 Å². The molecule has 170 valence electrons. The molecule has 0 unspecified atom stereocenters. The molecule has 6 nitrogen and oxygen atoms in total. The van der Waals surface area contributed by atoms with Gasteiger partial charge in [-0.1, -0.05) is 0 Å². The van der Waals surface area contributed by atoms with Crippen LogP contribution in [0.3, 0.4) is 0 Å². The number of benzene rings is 2. The van der Waals surface area contributed by atoms with E-state index < -0.39 is 0 Å². The van der Waals surface area contributed by atoms with Crippen LogP contribution < -0.4 is 14.8 Å². The Bertz CT molecular complexity index is 1030. The van der Waals surface area contributed by atoms with E-state index in [-0.39, 0.29) is 11.8 Å². The Morgan fingerprint density at radius 1 is 1.09 bits per heavy atom. The number of carbonyl (C=O) groups excluding carboxylic acids is 1. The molecule has 1 aliphatic heterocycles. The van der Waals surface area contributed by atoms with Crippen LogP contribution in [0.5, 0.6) is 11.5 Å². The number of fused-ring (bicyclic) bond motifs is 1. The third kappa shape index (κ3) is 5.59. The Morgan fingerprint density at radius 2 is 1.84 bits per heavy atom. The molecule has 2 aromatic carbocycles. The minimum atomic E-state index is -0.247. The summed E-state index contributed by atoms with van der Waals surface area (Å²) in [7, 11) is 1.63. The molecule has 3 aromatic rings. The average Bonchev–Trinajstić information content (AvgIpc) is 3.24. The molecule has 1 amide bonds. The lowest BCUT2D eigenvalue weighted by Crippen LogP contribution is -2.40. The highest BCUT2D eigenvalue weighted by Gasteiger charge is 2.19. The number of carbonyl (C=O) groups is 1. The second-order valence-electron chi connectivity index (χ2n) is 8.22. The highest BCUT2D eigenvalue weighted by molar-refractivity contribution is 5.92. The van der Waals surface area contributed by atoms with Crippen molar-refractivity contribution in [1.29, 1.82) is 0 Å². The van der Waals surface area contributed by atoms with Crippen molar-refractivity contribution in [2.45, 2.75) is 19.3 Å². The summed E-state index contributed by atoms with van der Waals surface area (Å²) in [6.45, 7) is 4.18. The number of halogens is 1. The number of ether oxygens (including phenoxy) is 2. The van der Waals surface area contributed by atoms with Crippen LogP contribution in [0, 0.1) is 11.7 Å². The first-order valence-electron chi connectivity index (χ1n) is 11.2. The molecule has 7 heteroatoms. The largest absolute Gasteiger partial charge is 0.497 e. The van der Waals surface area contributed by atoms with Gasteiger partial charge in [0.1, 0.15) is 17.3 Å². The molecule has 0 aliphatic carbocycles. The van der Waals surface area contributed by atoms with Crippen LogP contribution >= 0.6 is 0 Å². The molecule has 0 saturated carbocycles. The first-order chi connectivity index (χ1) is 15.6. The van der Waals surface area contributed by atoms with Gasteiger partial charge in [-0.3, -0.25) is 4.57 Å². The zero-order chi connectivity index (χ0) is 22.3. The Morgan fingerprint density at radius 3 is 2.59 bits per heavy atom. The number of rotatable bonds is 8. The fraction of sp³-hybridized carbons (Fsp3) is 0.400. The molecule has 1 saturated heterocycles. The first-order valence-corrected chi connectivity index (χ1v) is 11.2. The van der Waals surface area contributed by atoms with Gasteiger partial charge in [0.15, 0.2) is 0 Å². The average molecular weight is 440 g/mol. The summed E-state index contributed by atoms with van der Waals surface area (Å²) in [5.74, 6) is 1.89. The Balaban J connectivity index is 1.15. The summed E-state index contributed by atoms with van der Waals surface area (Å²) < 4.78 is 25.5. The van der Waals surface area contributed by atoms with Crippen molar-refractivity contribution in [1.82, 2.24) is 14.8 Å². The molecular weight excluding hydrogens is 409 g/mol. The molecule has 0 bridgehead atoms. The van der Waals surface area contributed by atoms with E-state index in [1.807, 2.05) is 24.3 Å². The quantitative estimate of drug-likeness (QED) is 0.560. The Kier molecular flexibility index (Phi) is 7.27. The predicted octanol–water partition coefficient (Wildman–Crippen LogP) is 4.53. The van der Waals surface area contributed by atoms with E-state index in [2.05, 4.69) is 10.2 Å². The van der Waals surface area contributed by atoms with Crippen LogP contribution in [0.15, 0.2) is 54.7 Å². The lowest BCUT2D eigenvalue weighted by molar-refractivity contribution is 0.164. The van der Waals surface area contributed by atoms with Crippen LogP contribution in [-0.2, 0) is 0 Å². The predicted molar refractivity (Wildman–Crippen MR) is 123 cm³/mol. The van der Waals surface area contributed by atoms with Gasteiger partial charge in [-0.05, 0) is 86.8 Å². The van der Waals surface area contributed by atoms with Crippen LogP contribution in [-0.4, -0.2) is 55.4 Å². The van der Waals surface area contributed by atoms with Gasteiger partial charge in [0.2, 0.25) is 0 Å². The SMILES string of the molecule is COc1ccc2c(ccn2C(=O)NCCN2CCC(CCOc3ccc(F)cc3)CC2)c1. The van der Waals surface area contributed by atoms with E-state index in [0.29, 0.717) is 24.8 Å². The van der Waals surface area contributed by atoms with E-state index in [9.17, 15) is 9.18 Å². The van der Waals surface area contributed by atoms with Crippen molar-refractivity contribution >= 4 is 16.9 Å². The van der Waals surface area contributed by atoms with Gasteiger partial charge < -0.3 is 19.7 Å². The summed E-state index contributed by atoms with van der Waals surface area (Å²) in [5.41, 5.74) is 0.868. The van der Waals surface area contributed by atoms with E-state index in [0.717, 1.165) is 55.5 Å². The third-order valence-corrected chi connectivity index (χ3v) is 6.14. The van der Waals surface area contributed by atoms with E-state index in [4.69, 9.17) is 9.47 Å². The van der Waals surface area contributed by atoms with Crippen molar-refractivity contribution in [3.05, 3.63) is 60.5 Å². The fourth-order valence-electron chi connectivity index (χ4n) is 4.20. The van der Waals surface area contributed by atoms with E-state index in [1.165, 1.54) is 12.1 Å². The van der Waals surface area contributed by atoms with Crippen LogP contribution in [0.4, 0.5) is 9.18 Å². The number of amides is 1. The molecule has 0 radical (unpaired) electrons. The summed E-state index contributed by atoms with van der Waals surface area (Å²) in [6, 6.07) is 13.7. The monoisotopic (exact) mass is 439 g/mol. The molecule has 1 fully saturated rings. The zero-order valence-corrected chi connectivity index (χ0v) is 18.4. The van der Waals surface area contributed by atoms with Crippen molar-refractivity contribution in [3.8, 4) is 11.5 Å². The summed E-state index contributed by atoms with van der Waals surface area (Å²) in [4.78, 5) is 15.0. The van der Waals surface area contributed by atoms with Gasteiger partial charge in [-0.25, -0.2) is 9.18 Å². The Labute approximate surface area is 187 Å². The topological polar surface area (TPSA) is 55.7 Å². The molecule has 4 rings (SSSR count). The van der Waals surface area contributed by atoms with Crippen LogP contribution in [0.2, 0.25) is 0 Å². The Hall–Kier alpha value is -3.06. The number of methoxy groups -OCH3 is 1. The highest BCUT2D eigenvalue weighted by atomic mass is 19.1. The molecular formula is C25H30FN3O3. The number of hydrogen-bond acceptors (Lipinski definition) is 4. The smallest absolute Gasteiger partial charge is 0.326 e. The zero-order valence-electron chi connectivity index (χ0n) is 18.4. The number of nitrogens with zero attached hydrogens (tertiary/aromatic N) is 2. The molecule has 1 aromatic heterocycles. The lowest BCUT2D eigenvalue weighted by atomic mass is 9.94. The fourth-order valence-corrected chi connectivity index (χ4v) is 4.20. The molecule has 2 heterocycles. The van der Waals surface area contributed by atoms with Gasteiger partial charge in [-0.15, -0.1) is 0 Å².